The third-order valence-electron chi connectivity index (χ3n) is 2.43. The van der Waals surface area contributed by atoms with Crippen LogP contribution in [0, 0.1) is 17.0 Å². The van der Waals surface area contributed by atoms with E-state index in [0.717, 1.165) is 5.56 Å². The predicted octanol–water partition coefficient (Wildman–Crippen LogP) is 3.87. The van der Waals surface area contributed by atoms with E-state index in [1.807, 2.05) is 6.92 Å². The van der Waals surface area contributed by atoms with Gasteiger partial charge in [-0.25, -0.2) is 0 Å². The number of benzene rings is 1. The second-order valence-electron chi connectivity index (χ2n) is 3.84. The standard InChI is InChI=1S/C12H11BrN2O3/c1-8-2-4-11(15(16)17)10(6-8)14-7-9-3-5-12(13)18-9/h2-6,14H,7H2,1H3. The van der Waals surface area contributed by atoms with Crippen molar-refractivity contribution in [3.63, 3.8) is 0 Å². The van der Waals surface area contributed by atoms with Gasteiger partial charge in [0.1, 0.15) is 11.4 Å². The first-order chi connectivity index (χ1) is 8.56. The van der Waals surface area contributed by atoms with E-state index in [1.54, 1.807) is 24.3 Å². The molecule has 0 aliphatic carbocycles. The molecule has 0 amide bonds. The molecule has 1 aromatic heterocycles. The zero-order valence-electron chi connectivity index (χ0n) is 9.64. The number of rotatable bonds is 4. The van der Waals surface area contributed by atoms with Crippen molar-refractivity contribution in [1.29, 1.82) is 0 Å². The largest absolute Gasteiger partial charge is 0.452 e. The van der Waals surface area contributed by atoms with E-state index in [9.17, 15) is 10.1 Å². The molecule has 2 aromatic rings. The summed E-state index contributed by atoms with van der Waals surface area (Å²) in [6.45, 7) is 2.29. The minimum atomic E-state index is -0.403. The highest BCUT2D eigenvalue weighted by Gasteiger charge is 2.13. The third kappa shape index (κ3) is 2.89. The van der Waals surface area contributed by atoms with Crippen LogP contribution in [-0.4, -0.2) is 4.92 Å². The predicted molar refractivity (Wildman–Crippen MR) is 71.6 cm³/mol. The molecule has 18 heavy (non-hydrogen) atoms. The number of nitrogens with zero attached hydrogens (tertiary/aromatic N) is 1. The molecule has 6 heteroatoms. The maximum Gasteiger partial charge on any atom is 0.292 e. The number of furan rings is 1. The second kappa shape index (κ2) is 5.22. The summed E-state index contributed by atoms with van der Waals surface area (Å²) >= 11 is 3.21. The van der Waals surface area contributed by atoms with E-state index in [2.05, 4.69) is 21.2 Å². The molecule has 2 rings (SSSR count). The van der Waals surface area contributed by atoms with Gasteiger partial charge in [-0.05, 0) is 46.6 Å². The Labute approximate surface area is 112 Å². The topological polar surface area (TPSA) is 68.3 Å². The van der Waals surface area contributed by atoms with Gasteiger partial charge in [0.15, 0.2) is 4.67 Å². The zero-order valence-corrected chi connectivity index (χ0v) is 11.2. The maximum absolute atomic E-state index is 10.9. The summed E-state index contributed by atoms with van der Waals surface area (Å²) in [7, 11) is 0. The van der Waals surface area contributed by atoms with Gasteiger partial charge in [0.2, 0.25) is 0 Å². The fourth-order valence-electron chi connectivity index (χ4n) is 1.58. The van der Waals surface area contributed by atoms with E-state index < -0.39 is 4.92 Å². The van der Waals surface area contributed by atoms with Crippen LogP contribution in [0.3, 0.4) is 0 Å². The third-order valence-corrected chi connectivity index (χ3v) is 2.86. The summed E-state index contributed by atoms with van der Waals surface area (Å²) in [6, 6.07) is 8.54. The average Bonchev–Trinajstić information content (AvgIpc) is 2.72. The van der Waals surface area contributed by atoms with Gasteiger partial charge in [-0.15, -0.1) is 0 Å². The van der Waals surface area contributed by atoms with Gasteiger partial charge in [-0.1, -0.05) is 6.07 Å². The van der Waals surface area contributed by atoms with E-state index in [0.29, 0.717) is 22.7 Å². The van der Waals surface area contributed by atoms with Crippen LogP contribution >= 0.6 is 15.9 Å². The molecule has 0 aliphatic heterocycles. The number of anilines is 1. The Morgan fingerprint density at radius 2 is 2.17 bits per heavy atom. The number of nitrogens with one attached hydrogen (secondary N) is 1. The molecule has 0 spiro atoms. The molecule has 5 nitrogen and oxygen atoms in total. The lowest BCUT2D eigenvalue weighted by Gasteiger charge is -2.06. The van der Waals surface area contributed by atoms with Gasteiger partial charge in [-0.3, -0.25) is 10.1 Å². The van der Waals surface area contributed by atoms with E-state index in [4.69, 9.17) is 4.42 Å². The fourth-order valence-corrected chi connectivity index (χ4v) is 1.92. The molecule has 0 unspecified atom stereocenters. The van der Waals surface area contributed by atoms with E-state index >= 15 is 0 Å². The number of hydrogen-bond acceptors (Lipinski definition) is 4. The van der Waals surface area contributed by atoms with E-state index in [-0.39, 0.29) is 5.69 Å². The second-order valence-corrected chi connectivity index (χ2v) is 4.62. The normalized spacial score (nSPS) is 10.3. The Morgan fingerprint density at radius 3 is 2.78 bits per heavy atom. The fraction of sp³-hybridized carbons (Fsp3) is 0.167. The summed E-state index contributed by atoms with van der Waals surface area (Å²) < 4.78 is 5.96. The maximum atomic E-state index is 10.9. The summed E-state index contributed by atoms with van der Waals surface area (Å²) in [5.41, 5.74) is 1.52. The number of aryl methyl sites for hydroxylation is 1. The average molecular weight is 311 g/mol. The molecule has 1 N–H and O–H groups in total. The van der Waals surface area contributed by atoms with Crippen LogP contribution in [0.25, 0.3) is 0 Å². The molecule has 0 saturated carbocycles. The number of halogens is 1. The molecule has 0 radical (unpaired) electrons. The Morgan fingerprint density at radius 1 is 1.39 bits per heavy atom. The lowest BCUT2D eigenvalue weighted by molar-refractivity contribution is -0.384. The van der Waals surface area contributed by atoms with Crippen molar-refractivity contribution < 1.29 is 9.34 Å². The molecular formula is C12H11BrN2O3. The van der Waals surface area contributed by atoms with E-state index in [1.165, 1.54) is 6.07 Å². The van der Waals surface area contributed by atoms with Crippen molar-refractivity contribution in [2.75, 3.05) is 5.32 Å². The zero-order chi connectivity index (χ0) is 13.1. The van der Waals surface area contributed by atoms with Gasteiger partial charge in [0, 0.05) is 6.07 Å². The Hall–Kier alpha value is -1.82. The lowest BCUT2D eigenvalue weighted by atomic mass is 10.2. The highest BCUT2D eigenvalue weighted by Crippen LogP contribution is 2.26. The van der Waals surface area contributed by atoms with Crippen molar-refractivity contribution in [2.24, 2.45) is 0 Å². The molecule has 1 heterocycles. The highest BCUT2D eigenvalue weighted by molar-refractivity contribution is 9.10. The van der Waals surface area contributed by atoms with Crippen LogP contribution in [0.5, 0.6) is 0 Å². The Balaban J connectivity index is 2.17. The molecule has 0 aliphatic rings. The van der Waals surface area contributed by atoms with Gasteiger partial charge >= 0.3 is 0 Å². The molecule has 0 saturated heterocycles. The Bertz CT molecular complexity index is 580. The molecule has 0 bridgehead atoms. The molecule has 0 atom stereocenters. The van der Waals surface area contributed by atoms with Gasteiger partial charge < -0.3 is 9.73 Å². The lowest BCUT2D eigenvalue weighted by Crippen LogP contribution is -2.02. The highest BCUT2D eigenvalue weighted by atomic mass is 79.9. The number of nitro groups is 1. The number of hydrogen-bond donors (Lipinski definition) is 1. The van der Waals surface area contributed by atoms with Crippen LogP contribution in [0.2, 0.25) is 0 Å². The van der Waals surface area contributed by atoms with Crippen molar-refractivity contribution in [3.05, 3.63) is 56.4 Å². The van der Waals surface area contributed by atoms with Crippen molar-refractivity contribution in [2.45, 2.75) is 13.5 Å². The summed E-state index contributed by atoms with van der Waals surface area (Å²) in [5, 5.41) is 13.9. The van der Waals surface area contributed by atoms with Crippen LogP contribution in [0.4, 0.5) is 11.4 Å². The minimum absolute atomic E-state index is 0.0613. The first kappa shape index (κ1) is 12.6. The van der Waals surface area contributed by atoms with Crippen LogP contribution in [-0.2, 0) is 6.54 Å². The Kier molecular flexibility index (Phi) is 3.66. The van der Waals surface area contributed by atoms with Crippen molar-refractivity contribution in [3.8, 4) is 0 Å². The quantitative estimate of drug-likeness (QED) is 0.687. The van der Waals surface area contributed by atoms with Crippen LogP contribution < -0.4 is 5.32 Å². The minimum Gasteiger partial charge on any atom is -0.452 e. The first-order valence-corrected chi connectivity index (χ1v) is 6.08. The van der Waals surface area contributed by atoms with Gasteiger partial charge in [0.05, 0.1) is 11.5 Å². The monoisotopic (exact) mass is 310 g/mol. The molecule has 0 fully saturated rings. The first-order valence-electron chi connectivity index (χ1n) is 5.29. The van der Waals surface area contributed by atoms with Crippen molar-refractivity contribution in [1.82, 2.24) is 0 Å². The molecule has 94 valence electrons. The molecule has 1 aromatic carbocycles. The SMILES string of the molecule is Cc1ccc([N+](=O)[O-])c(NCc2ccc(Br)o2)c1. The van der Waals surface area contributed by atoms with Gasteiger partial charge in [0.25, 0.3) is 5.69 Å². The molecular weight excluding hydrogens is 300 g/mol. The van der Waals surface area contributed by atoms with Crippen molar-refractivity contribution >= 4 is 27.3 Å². The summed E-state index contributed by atoms with van der Waals surface area (Å²) in [6.07, 6.45) is 0. The number of nitro benzene ring substituents is 1. The smallest absolute Gasteiger partial charge is 0.292 e. The summed E-state index contributed by atoms with van der Waals surface area (Å²) in [4.78, 5) is 10.5. The van der Waals surface area contributed by atoms with Gasteiger partial charge in [-0.2, -0.15) is 0 Å². The van der Waals surface area contributed by atoms with Crippen LogP contribution in [0.15, 0.2) is 39.4 Å². The van der Waals surface area contributed by atoms with Crippen LogP contribution in [0.1, 0.15) is 11.3 Å². The summed E-state index contributed by atoms with van der Waals surface area (Å²) in [5.74, 6) is 0.706.